The van der Waals surface area contributed by atoms with Crippen molar-refractivity contribution in [2.24, 2.45) is 0 Å². The van der Waals surface area contributed by atoms with Crippen LogP contribution in [0.15, 0.2) is 28.7 Å². The third-order valence-electron chi connectivity index (χ3n) is 4.09. The highest BCUT2D eigenvalue weighted by Gasteiger charge is 2.31. The van der Waals surface area contributed by atoms with E-state index in [0.717, 1.165) is 0 Å². The molecule has 1 aromatic carbocycles. The third-order valence-corrected chi connectivity index (χ3v) is 4.09. The maximum absolute atomic E-state index is 13.9. The van der Waals surface area contributed by atoms with Gasteiger partial charge in [-0.2, -0.15) is 0 Å². The van der Waals surface area contributed by atoms with Crippen LogP contribution in [0.25, 0.3) is 11.5 Å². The minimum atomic E-state index is -0.590. The molecule has 7 heteroatoms. The number of rotatable bonds is 2. The summed E-state index contributed by atoms with van der Waals surface area (Å²) in [4.78, 5) is 30.4. The van der Waals surface area contributed by atoms with Gasteiger partial charge in [0.15, 0.2) is 5.69 Å². The summed E-state index contributed by atoms with van der Waals surface area (Å²) < 4.78 is 19.4. The van der Waals surface area contributed by atoms with Gasteiger partial charge in [0.1, 0.15) is 17.6 Å². The number of hydrogen-bond donors (Lipinski definition) is 1. The molecule has 1 aromatic heterocycles. The van der Waals surface area contributed by atoms with E-state index >= 15 is 0 Å². The Balaban J connectivity index is 1.93. The molecule has 1 saturated heterocycles. The van der Waals surface area contributed by atoms with Crippen LogP contribution in [0.2, 0.25) is 0 Å². The molecule has 0 saturated carbocycles. The Morgan fingerprint density at radius 1 is 1.42 bits per heavy atom. The van der Waals surface area contributed by atoms with Gasteiger partial charge in [0.2, 0.25) is 11.8 Å². The van der Waals surface area contributed by atoms with Crippen molar-refractivity contribution in [2.45, 2.75) is 26.3 Å². The Labute approximate surface area is 138 Å². The summed E-state index contributed by atoms with van der Waals surface area (Å²) in [7, 11) is 0. The van der Waals surface area contributed by atoms with Crippen molar-refractivity contribution in [1.82, 2.24) is 15.2 Å². The summed E-state index contributed by atoms with van der Waals surface area (Å²) in [5, 5.41) is 2.76. The van der Waals surface area contributed by atoms with Gasteiger partial charge in [0.05, 0.1) is 5.56 Å². The quantitative estimate of drug-likeness (QED) is 0.915. The number of hydrogen-bond acceptors (Lipinski definition) is 4. The van der Waals surface area contributed by atoms with Gasteiger partial charge >= 0.3 is 0 Å². The number of aromatic nitrogens is 1. The maximum atomic E-state index is 13.9. The first-order valence-corrected chi connectivity index (χ1v) is 7.80. The second kappa shape index (κ2) is 6.43. The van der Waals surface area contributed by atoms with Crippen molar-refractivity contribution in [3.63, 3.8) is 0 Å². The molecule has 0 aliphatic carbocycles. The van der Waals surface area contributed by atoms with Gasteiger partial charge in [0.25, 0.3) is 5.91 Å². The number of nitrogens with zero attached hydrogens (tertiary/aromatic N) is 2. The fourth-order valence-electron chi connectivity index (χ4n) is 2.70. The second-order valence-electron chi connectivity index (χ2n) is 5.72. The molecule has 1 aliphatic heterocycles. The lowest BCUT2D eigenvalue weighted by Gasteiger charge is -2.24. The Hall–Kier alpha value is -2.70. The highest BCUT2D eigenvalue weighted by molar-refractivity contribution is 5.97. The van der Waals surface area contributed by atoms with Crippen LogP contribution in [0, 0.1) is 12.7 Å². The van der Waals surface area contributed by atoms with Crippen LogP contribution in [0.4, 0.5) is 4.39 Å². The van der Waals surface area contributed by atoms with E-state index in [1.807, 2.05) is 0 Å². The van der Waals surface area contributed by atoms with E-state index < -0.39 is 11.9 Å². The molecular weight excluding hydrogens is 313 g/mol. The SMILES string of the molecule is Cc1oc(-c2ccccc2F)nc1C(=O)N1CCCNC(=O)[C@@H]1C. The van der Waals surface area contributed by atoms with Crippen molar-refractivity contribution in [3.8, 4) is 11.5 Å². The van der Waals surface area contributed by atoms with Gasteiger partial charge in [-0.3, -0.25) is 9.59 Å². The average molecular weight is 331 g/mol. The first kappa shape index (κ1) is 16.2. The Morgan fingerprint density at radius 2 is 2.17 bits per heavy atom. The number of nitrogens with one attached hydrogen (secondary N) is 1. The highest BCUT2D eigenvalue weighted by Crippen LogP contribution is 2.25. The molecule has 126 valence electrons. The molecule has 1 atom stereocenters. The molecule has 6 nitrogen and oxygen atoms in total. The summed E-state index contributed by atoms with van der Waals surface area (Å²) in [6.45, 7) is 4.25. The van der Waals surface area contributed by atoms with Crippen LogP contribution in [0.1, 0.15) is 29.6 Å². The van der Waals surface area contributed by atoms with Crippen LogP contribution in [0.3, 0.4) is 0 Å². The highest BCUT2D eigenvalue weighted by atomic mass is 19.1. The van der Waals surface area contributed by atoms with Crippen LogP contribution >= 0.6 is 0 Å². The fourth-order valence-corrected chi connectivity index (χ4v) is 2.70. The molecule has 1 fully saturated rings. The molecule has 24 heavy (non-hydrogen) atoms. The monoisotopic (exact) mass is 331 g/mol. The molecule has 2 aromatic rings. The van der Waals surface area contributed by atoms with Crippen molar-refractivity contribution < 1.29 is 18.4 Å². The average Bonchev–Trinajstić information content (AvgIpc) is 2.87. The summed E-state index contributed by atoms with van der Waals surface area (Å²) >= 11 is 0. The lowest BCUT2D eigenvalue weighted by molar-refractivity contribution is -0.124. The van der Waals surface area contributed by atoms with Gasteiger partial charge in [-0.15, -0.1) is 0 Å². The van der Waals surface area contributed by atoms with Crippen molar-refractivity contribution >= 4 is 11.8 Å². The number of halogens is 1. The topological polar surface area (TPSA) is 75.4 Å². The third kappa shape index (κ3) is 2.89. The number of oxazole rings is 1. The van der Waals surface area contributed by atoms with Crippen LogP contribution in [-0.2, 0) is 4.79 Å². The minimum absolute atomic E-state index is 0.0564. The number of aryl methyl sites for hydroxylation is 1. The first-order chi connectivity index (χ1) is 11.5. The zero-order valence-electron chi connectivity index (χ0n) is 13.5. The molecule has 0 radical (unpaired) electrons. The van der Waals surface area contributed by atoms with E-state index in [9.17, 15) is 14.0 Å². The first-order valence-electron chi connectivity index (χ1n) is 7.80. The van der Waals surface area contributed by atoms with Gasteiger partial charge in [-0.25, -0.2) is 9.37 Å². The number of carbonyl (C=O) groups excluding carboxylic acids is 2. The van der Waals surface area contributed by atoms with Crippen LogP contribution < -0.4 is 5.32 Å². The zero-order valence-corrected chi connectivity index (χ0v) is 13.5. The van der Waals surface area contributed by atoms with E-state index in [1.54, 1.807) is 26.0 Å². The van der Waals surface area contributed by atoms with Gasteiger partial charge < -0.3 is 14.6 Å². The Kier molecular flexibility index (Phi) is 4.33. The van der Waals surface area contributed by atoms with E-state index in [0.29, 0.717) is 25.3 Å². The number of carbonyl (C=O) groups is 2. The molecule has 0 spiro atoms. The molecule has 2 heterocycles. The van der Waals surface area contributed by atoms with Crippen molar-refractivity contribution in [2.75, 3.05) is 13.1 Å². The molecule has 0 unspecified atom stereocenters. The van der Waals surface area contributed by atoms with E-state index in [-0.39, 0.29) is 29.0 Å². The summed E-state index contributed by atoms with van der Waals surface area (Å²) in [6, 6.07) is 5.49. The lowest BCUT2D eigenvalue weighted by atomic mass is 10.2. The van der Waals surface area contributed by atoms with Crippen molar-refractivity contribution in [3.05, 3.63) is 41.5 Å². The molecule has 0 bridgehead atoms. The smallest absolute Gasteiger partial charge is 0.276 e. The van der Waals surface area contributed by atoms with E-state index in [2.05, 4.69) is 10.3 Å². The fraction of sp³-hybridized carbons (Fsp3) is 0.353. The number of amides is 2. The second-order valence-corrected chi connectivity index (χ2v) is 5.72. The van der Waals surface area contributed by atoms with Crippen LogP contribution in [-0.4, -0.2) is 40.8 Å². The molecule has 2 amide bonds. The molecule has 1 N–H and O–H groups in total. The summed E-state index contributed by atoms with van der Waals surface area (Å²) in [5.74, 6) is -0.698. The predicted octanol–water partition coefficient (Wildman–Crippen LogP) is 2.14. The Bertz CT molecular complexity index is 787. The summed E-state index contributed by atoms with van der Waals surface area (Å²) in [5.41, 5.74) is 0.302. The van der Waals surface area contributed by atoms with E-state index in [1.165, 1.54) is 17.0 Å². The maximum Gasteiger partial charge on any atom is 0.276 e. The van der Waals surface area contributed by atoms with E-state index in [4.69, 9.17) is 4.42 Å². The number of benzene rings is 1. The zero-order chi connectivity index (χ0) is 17.3. The Morgan fingerprint density at radius 3 is 2.92 bits per heavy atom. The molecular formula is C17H18FN3O3. The minimum Gasteiger partial charge on any atom is -0.440 e. The van der Waals surface area contributed by atoms with Crippen LogP contribution in [0.5, 0.6) is 0 Å². The standard InChI is InChI=1S/C17H18FN3O3/c1-10-15(22)19-8-5-9-21(10)17(23)14-11(2)24-16(20-14)12-6-3-4-7-13(12)18/h3-4,6-7,10H,5,8-9H2,1-2H3,(H,19,22)/t10-/m0/s1. The summed E-state index contributed by atoms with van der Waals surface area (Å²) in [6.07, 6.45) is 0.666. The molecule has 3 rings (SSSR count). The predicted molar refractivity (Wildman–Crippen MR) is 84.8 cm³/mol. The largest absolute Gasteiger partial charge is 0.440 e. The van der Waals surface area contributed by atoms with Crippen molar-refractivity contribution in [1.29, 1.82) is 0 Å². The van der Waals surface area contributed by atoms with Gasteiger partial charge in [-0.1, -0.05) is 12.1 Å². The molecule has 1 aliphatic rings. The van der Waals surface area contributed by atoms with Gasteiger partial charge in [0, 0.05) is 13.1 Å². The van der Waals surface area contributed by atoms with Gasteiger partial charge in [-0.05, 0) is 32.4 Å². The lowest BCUT2D eigenvalue weighted by Crippen LogP contribution is -2.45. The normalized spacial score (nSPS) is 18.2.